The fourth-order valence-electron chi connectivity index (χ4n) is 1.75. The Morgan fingerprint density at radius 1 is 1.47 bits per heavy atom. The number of aryl methyl sites for hydroxylation is 1. The van der Waals surface area contributed by atoms with Crippen molar-refractivity contribution in [2.24, 2.45) is 5.73 Å². The largest absolute Gasteiger partial charge is 0.480 e. The van der Waals surface area contributed by atoms with Crippen molar-refractivity contribution in [2.45, 2.75) is 39.8 Å². The van der Waals surface area contributed by atoms with Gasteiger partial charge in [-0.25, -0.2) is 0 Å². The van der Waals surface area contributed by atoms with Gasteiger partial charge in [-0.15, -0.1) is 0 Å². The smallest absolute Gasteiger partial charge is 0.325 e. The van der Waals surface area contributed by atoms with Crippen LogP contribution in [0.15, 0.2) is 0 Å². The number of carboxylic acids is 1. The van der Waals surface area contributed by atoms with E-state index in [4.69, 9.17) is 10.8 Å². The Bertz CT molecular complexity index is 382. The van der Waals surface area contributed by atoms with Gasteiger partial charge in [-0.2, -0.15) is 5.10 Å². The predicted octanol–water partition coefficient (Wildman–Crippen LogP) is 1.17. The normalized spacial score (nSPS) is 13.2. The Labute approximate surface area is 88.9 Å². The molecule has 0 aliphatic heterocycles. The maximum absolute atomic E-state index is 10.8. The van der Waals surface area contributed by atoms with Crippen molar-refractivity contribution >= 4 is 5.97 Å². The molecular formula is C10H17N3O2. The van der Waals surface area contributed by atoms with Gasteiger partial charge < -0.3 is 10.8 Å². The van der Waals surface area contributed by atoms with Gasteiger partial charge in [0.15, 0.2) is 0 Å². The number of rotatable bonds is 3. The van der Waals surface area contributed by atoms with Crippen molar-refractivity contribution in [3.05, 3.63) is 17.0 Å². The molecule has 1 atom stereocenters. The third kappa shape index (κ3) is 2.02. The van der Waals surface area contributed by atoms with Crippen molar-refractivity contribution in [1.29, 1.82) is 0 Å². The molecule has 0 spiro atoms. The Hall–Kier alpha value is -1.36. The lowest BCUT2D eigenvalue weighted by Gasteiger charge is -2.10. The molecule has 1 aromatic heterocycles. The van der Waals surface area contributed by atoms with Crippen molar-refractivity contribution in [2.75, 3.05) is 0 Å². The second-order valence-electron chi connectivity index (χ2n) is 3.94. The van der Waals surface area contributed by atoms with Crippen LogP contribution in [0, 0.1) is 13.8 Å². The first-order valence-corrected chi connectivity index (χ1v) is 4.90. The van der Waals surface area contributed by atoms with Gasteiger partial charge in [-0.3, -0.25) is 9.48 Å². The zero-order valence-electron chi connectivity index (χ0n) is 9.48. The zero-order chi connectivity index (χ0) is 11.7. The highest BCUT2D eigenvalue weighted by Crippen LogP contribution is 2.22. The molecule has 0 aliphatic carbocycles. The molecule has 0 aliphatic rings. The summed E-state index contributed by atoms with van der Waals surface area (Å²) in [5.41, 5.74) is 7.74. The molecule has 1 unspecified atom stereocenters. The van der Waals surface area contributed by atoms with Gasteiger partial charge in [-0.1, -0.05) is 0 Å². The van der Waals surface area contributed by atoms with Crippen molar-refractivity contribution in [3.8, 4) is 0 Å². The van der Waals surface area contributed by atoms with Gasteiger partial charge in [0.1, 0.15) is 6.04 Å². The number of carboxylic acid groups (broad SMARTS) is 1. The molecule has 0 saturated heterocycles. The molecule has 1 aromatic rings. The number of hydrogen-bond donors (Lipinski definition) is 2. The number of aliphatic carboxylic acids is 1. The van der Waals surface area contributed by atoms with E-state index in [2.05, 4.69) is 5.10 Å². The minimum absolute atomic E-state index is 0.207. The molecule has 0 bridgehead atoms. The van der Waals surface area contributed by atoms with E-state index in [0.717, 1.165) is 5.69 Å². The summed E-state index contributed by atoms with van der Waals surface area (Å²) < 4.78 is 1.80. The van der Waals surface area contributed by atoms with E-state index in [0.29, 0.717) is 11.3 Å². The van der Waals surface area contributed by atoms with E-state index in [-0.39, 0.29) is 6.04 Å². The Morgan fingerprint density at radius 2 is 2.00 bits per heavy atom. The number of nitrogens with zero attached hydrogens (tertiary/aromatic N) is 2. The first-order valence-electron chi connectivity index (χ1n) is 4.90. The fourth-order valence-corrected chi connectivity index (χ4v) is 1.75. The van der Waals surface area contributed by atoms with Gasteiger partial charge in [0, 0.05) is 17.3 Å². The highest BCUT2D eigenvalue weighted by atomic mass is 16.4. The lowest BCUT2D eigenvalue weighted by Crippen LogP contribution is -2.22. The van der Waals surface area contributed by atoms with Crippen molar-refractivity contribution in [1.82, 2.24) is 9.78 Å². The molecule has 1 rings (SSSR count). The van der Waals surface area contributed by atoms with Crippen molar-refractivity contribution in [3.63, 3.8) is 0 Å². The number of aromatic nitrogens is 2. The van der Waals surface area contributed by atoms with Crippen LogP contribution >= 0.6 is 0 Å². The standard InChI is InChI=1S/C10H17N3O2/c1-5(2)13-7(4)8(6(3)12-13)9(11)10(14)15/h5,9H,11H2,1-4H3,(H,14,15). The quantitative estimate of drug-likeness (QED) is 0.786. The third-order valence-electron chi connectivity index (χ3n) is 2.45. The summed E-state index contributed by atoms with van der Waals surface area (Å²) in [5.74, 6) is -1.02. The van der Waals surface area contributed by atoms with Gasteiger partial charge in [0.2, 0.25) is 0 Å². The first kappa shape index (κ1) is 11.7. The van der Waals surface area contributed by atoms with Crippen LogP contribution in [0.25, 0.3) is 0 Å². The van der Waals surface area contributed by atoms with Crippen LogP contribution in [0.2, 0.25) is 0 Å². The predicted molar refractivity (Wildman–Crippen MR) is 56.7 cm³/mol. The van der Waals surface area contributed by atoms with E-state index < -0.39 is 12.0 Å². The molecule has 5 nitrogen and oxygen atoms in total. The van der Waals surface area contributed by atoms with Gasteiger partial charge in [0.05, 0.1) is 5.69 Å². The van der Waals surface area contributed by atoms with Crippen molar-refractivity contribution < 1.29 is 9.90 Å². The van der Waals surface area contributed by atoms with E-state index in [1.165, 1.54) is 0 Å². The third-order valence-corrected chi connectivity index (χ3v) is 2.45. The molecule has 5 heteroatoms. The minimum Gasteiger partial charge on any atom is -0.480 e. The second-order valence-corrected chi connectivity index (χ2v) is 3.94. The molecular weight excluding hydrogens is 194 g/mol. The number of nitrogens with two attached hydrogens (primary N) is 1. The van der Waals surface area contributed by atoms with E-state index in [1.807, 2.05) is 20.8 Å². The Kier molecular flexibility index (Phi) is 3.14. The summed E-state index contributed by atoms with van der Waals surface area (Å²) in [7, 11) is 0. The highest BCUT2D eigenvalue weighted by molar-refractivity contribution is 5.76. The number of hydrogen-bond acceptors (Lipinski definition) is 3. The van der Waals surface area contributed by atoms with Crippen LogP contribution in [0.1, 0.15) is 42.9 Å². The fraction of sp³-hybridized carbons (Fsp3) is 0.600. The zero-order valence-corrected chi connectivity index (χ0v) is 9.48. The van der Waals surface area contributed by atoms with Gasteiger partial charge in [0.25, 0.3) is 0 Å². The monoisotopic (exact) mass is 211 g/mol. The summed E-state index contributed by atoms with van der Waals surface area (Å²) >= 11 is 0. The Morgan fingerprint density at radius 3 is 2.33 bits per heavy atom. The molecule has 1 heterocycles. The highest BCUT2D eigenvalue weighted by Gasteiger charge is 2.23. The molecule has 0 radical (unpaired) electrons. The average molecular weight is 211 g/mol. The Balaban J connectivity index is 3.25. The molecule has 0 saturated carbocycles. The summed E-state index contributed by atoms with van der Waals surface area (Å²) in [6.45, 7) is 7.62. The average Bonchev–Trinajstić information content (AvgIpc) is 2.41. The summed E-state index contributed by atoms with van der Waals surface area (Å²) in [6, 6.07) is -0.782. The summed E-state index contributed by atoms with van der Waals surface area (Å²) in [5, 5.41) is 13.2. The topological polar surface area (TPSA) is 81.1 Å². The molecule has 0 amide bonds. The number of carbonyl (C=O) groups is 1. The van der Waals surface area contributed by atoms with Crippen LogP contribution in [-0.4, -0.2) is 20.9 Å². The van der Waals surface area contributed by atoms with Crippen LogP contribution in [0.3, 0.4) is 0 Å². The van der Waals surface area contributed by atoms with Gasteiger partial charge in [-0.05, 0) is 27.7 Å². The van der Waals surface area contributed by atoms with Crippen LogP contribution in [0.5, 0.6) is 0 Å². The van der Waals surface area contributed by atoms with Gasteiger partial charge >= 0.3 is 5.97 Å². The lowest BCUT2D eigenvalue weighted by molar-refractivity contribution is -0.138. The van der Waals surface area contributed by atoms with Crippen LogP contribution in [0.4, 0.5) is 0 Å². The maximum atomic E-state index is 10.8. The van der Waals surface area contributed by atoms with E-state index >= 15 is 0 Å². The first-order chi connectivity index (χ1) is 6.86. The van der Waals surface area contributed by atoms with Crippen LogP contribution < -0.4 is 5.73 Å². The second kappa shape index (κ2) is 4.02. The van der Waals surface area contributed by atoms with Crippen LogP contribution in [-0.2, 0) is 4.79 Å². The lowest BCUT2D eigenvalue weighted by atomic mass is 10.1. The molecule has 3 N–H and O–H groups in total. The maximum Gasteiger partial charge on any atom is 0.325 e. The van der Waals surface area contributed by atoms with E-state index in [1.54, 1.807) is 11.6 Å². The summed E-state index contributed by atoms with van der Waals surface area (Å²) in [4.78, 5) is 10.8. The van der Waals surface area contributed by atoms with E-state index in [9.17, 15) is 4.79 Å². The molecule has 0 fully saturated rings. The molecule has 15 heavy (non-hydrogen) atoms. The minimum atomic E-state index is -1.02. The molecule has 84 valence electrons. The summed E-state index contributed by atoms with van der Waals surface area (Å²) in [6.07, 6.45) is 0. The molecule has 0 aromatic carbocycles. The SMILES string of the molecule is Cc1nn(C(C)C)c(C)c1C(N)C(=O)O.